The second-order valence-corrected chi connectivity index (χ2v) is 11.3. The van der Waals surface area contributed by atoms with Gasteiger partial charge in [0, 0.05) is 35.7 Å². The van der Waals surface area contributed by atoms with E-state index in [4.69, 9.17) is 17.3 Å². The minimum atomic E-state index is -4.14. The van der Waals surface area contributed by atoms with Gasteiger partial charge in [0.05, 0.1) is 18.0 Å². The van der Waals surface area contributed by atoms with Crippen molar-refractivity contribution in [3.8, 4) is 0 Å². The van der Waals surface area contributed by atoms with Crippen LogP contribution in [0.25, 0.3) is 10.8 Å². The van der Waals surface area contributed by atoms with E-state index in [2.05, 4.69) is 10.3 Å². The molecule has 9 nitrogen and oxygen atoms in total. The van der Waals surface area contributed by atoms with Gasteiger partial charge in [0.2, 0.25) is 21.8 Å². The summed E-state index contributed by atoms with van der Waals surface area (Å²) in [5.74, 6) is -1.21. The number of hydrogen-bond donors (Lipinski definition) is 2. The number of anilines is 1. The number of amides is 2. The first kappa shape index (κ1) is 24.4. The zero-order valence-electron chi connectivity index (χ0n) is 18.2. The molecule has 1 fully saturated rings. The van der Waals surface area contributed by atoms with Crippen molar-refractivity contribution in [2.45, 2.75) is 23.8 Å². The maximum atomic E-state index is 13.3. The molecule has 0 bridgehead atoms. The lowest BCUT2D eigenvalue weighted by atomic mass is 10.1. The molecule has 2 amide bonds. The molecule has 1 saturated heterocycles. The van der Waals surface area contributed by atoms with Crippen LogP contribution >= 0.6 is 22.9 Å². The number of sulfonamides is 1. The van der Waals surface area contributed by atoms with Crippen LogP contribution in [-0.2, 0) is 19.6 Å². The monoisotopic (exact) mass is 521 g/mol. The molecule has 2 heterocycles. The number of likely N-dealkylation sites (tertiary alicyclic amines) is 1. The van der Waals surface area contributed by atoms with Crippen molar-refractivity contribution in [3.63, 3.8) is 0 Å². The summed E-state index contributed by atoms with van der Waals surface area (Å²) in [6, 6.07) is 9.86. The van der Waals surface area contributed by atoms with Gasteiger partial charge >= 0.3 is 0 Å². The molecule has 1 aromatic heterocycles. The normalized spacial score (nSPS) is 15.1. The molecular formula is C22H24ClN5O4S2. The van der Waals surface area contributed by atoms with Crippen LogP contribution in [0.4, 0.5) is 5.13 Å². The summed E-state index contributed by atoms with van der Waals surface area (Å²) in [6.45, 7) is -0.102. The lowest BCUT2D eigenvalue weighted by molar-refractivity contribution is -0.132. The van der Waals surface area contributed by atoms with Gasteiger partial charge in [0.25, 0.3) is 0 Å². The molecule has 0 unspecified atom stereocenters. The van der Waals surface area contributed by atoms with Gasteiger partial charge in [0.15, 0.2) is 5.13 Å². The third kappa shape index (κ3) is 5.66. The number of rotatable bonds is 8. The lowest BCUT2D eigenvalue weighted by Crippen LogP contribution is -2.49. The van der Waals surface area contributed by atoms with Gasteiger partial charge in [-0.1, -0.05) is 23.7 Å². The Labute approximate surface area is 206 Å². The Kier molecular flexibility index (Phi) is 7.36. The van der Waals surface area contributed by atoms with E-state index in [1.807, 2.05) is 5.38 Å². The first-order chi connectivity index (χ1) is 16.2. The smallest absolute Gasteiger partial charge is 0.244 e. The summed E-state index contributed by atoms with van der Waals surface area (Å²) in [7, 11) is -4.14. The number of nitrogens with one attached hydrogen (secondary N) is 1. The Morgan fingerprint density at radius 1 is 1.15 bits per heavy atom. The van der Waals surface area contributed by atoms with Crippen molar-refractivity contribution < 1.29 is 18.0 Å². The summed E-state index contributed by atoms with van der Waals surface area (Å²) in [5, 5.41) is 8.05. The number of piperidine rings is 1. The molecule has 0 spiro atoms. The number of halogens is 1. The number of thiazole rings is 1. The molecule has 0 radical (unpaired) electrons. The fourth-order valence-electron chi connectivity index (χ4n) is 3.90. The van der Waals surface area contributed by atoms with Gasteiger partial charge in [-0.3, -0.25) is 9.59 Å². The first-order valence-electron chi connectivity index (χ1n) is 10.6. The summed E-state index contributed by atoms with van der Waals surface area (Å²) < 4.78 is 27.5. The molecule has 0 aliphatic carbocycles. The zero-order valence-corrected chi connectivity index (χ0v) is 20.6. The van der Waals surface area contributed by atoms with Crippen molar-refractivity contribution in [2.24, 2.45) is 5.73 Å². The van der Waals surface area contributed by atoms with E-state index in [0.29, 0.717) is 36.3 Å². The standard InChI is InChI=1S/C22H24ClN5O4S2/c23-17-3-1-16-12-19(4-2-15(16)11-17)34(31,32)28(13-20(24)29)14-21(30)27-8-5-18(6-9-27)26-22-25-7-10-33-22/h1-4,7,10-12,18H,5-6,8-9,13-14H2,(H2,24,29)(H,25,26). The van der Waals surface area contributed by atoms with E-state index in [-0.39, 0.29) is 16.8 Å². The Balaban J connectivity index is 1.46. The van der Waals surface area contributed by atoms with E-state index < -0.39 is 29.0 Å². The molecule has 0 saturated carbocycles. The molecular weight excluding hydrogens is 498 g/mol. The molecule has 34 heavy (non-hydrogen) atoms. The third-order valence-corrected chi connectivity index (χ3v) is 8.39. The molecule has 3 N–H and O–H groups in total. The van der Waals surface area contributed by atoms with Crippen LogP contribution in [0.2, 0.25) is 5.02 Å². The largest absolute Gasteiger partial charge is 0.369 e. The molecule has 0 atom stereocenters. The maximum Gasteiger partial charge on any atom is 0.244 e. The van der Waals surface area contributed by atoms with Crippen LogP contribution in [-0.4, -0.2) is 66.6 Å². The van der Waals surface area contributed by atoms with Crippen molar-refractivity contribution in [3.05, 3.63) is 53.0 Å². The SMILES string of the molecule is NC(=O)CN(CC(=O)N1CCC(Nc2nccs2)CC1)S(=O)(=O)c1ccc2cc(Cl)ccc2c1. The number of fused-ring (bicyclic) bond motifs is 1. The highest BCUT2D eigenvalue weighted by molar-refractivity contribution is 7.89. The number of primary amides is 1. The molecule has 4 rings (SSSR count). The average molecular weight is 522 g/mol. The fourth-order valence-corrected chi connectivity index (χ4v) is 6.08. The van der Waals surface area contributed by atoms with Gasteiger partial charge in [0.1, 0.15) is 0 Å². The third-order valence-electron chi connectivity index (χ3n) is 5.66. The number of benzene rings is 2. The predicted molar refractivity (Wildman–Crippen MR) is 132 cm³/mol. The van der Waals surface area contributed by atoms with Crippen LogP contribution in [0.5, 0.6) is 0 Å². The van der Waals surface area contributed by atoms with Gasteiger partial charge in [-0.2, -0.15) is 4.31 Å². The van der Waals surface area contributed by atoms with E-state index in [9.17, 15) is 18.0 Å². The zero-order chi connectivity index (χ0) is 24.3. The molecule has 180 valence electrons. The average Bonchev–Trinajstić information content (AvgIpc) is 3.31. The number of carbonyl (C=O) groups is 2. The summed E-state index contributed by atoms with van der Waals surface area (Å²) in [6.07, 6.45) is 3.15. The Hall–Kier alpha value is -2.73. The topological polar surface area (TPSA) is 126 Å². The molecule has 1 aliphatic rings. The van der Waals surface area contributed by atoms with Crippen molar-refractivity contribution in [1.29, 1.82) is 0 Å². The first-order valence-corrected chi connectivity index (χ1v) is 13.3. The fraction of sp³-hybridized carbons (Fsp3) is 0.318. The highest BCUT2D eigenvalue weighted by Crippen LogP contribution is 2.25. The van der Waals surface area contributed by atoms with Crippen molar-refractivity contribution in [1.82, 2.24) is 14.2 Å². The molecule has 1 aliphatic heterocycles. The summed E-state index contributed by atoms with van der Waals surface area (Å²) in [4.78, 5) is 30.4. The number of aromatic nitrogens is 1. The minimum Gasteiger partial charge on any atom is -0.369 e. The van der Waals surface area contributed by atoms with Crippen LogP contribution in [0.15, 0.2) is 52.9 Å². The van der Waals surface area contributed by atoms with Gasteiger partial charge in [-0.15, -0.1) is 11.3 Å². The molecule has 2 aromatic carbocycles. The quantitative estimate of drug-likeness (QED) is 0.469. The highest BCUT2D eigenvalue weighted by atomic mass is 35.5. The van der Waals surface area contributed by atoms with Crippen molar-refractivity contribution >= 4 is 60.7 Å². The van der Waals surface area contributed by atoms with Gasteiger partial charge < -0.3 is 16.0 Å². The second-order valence-electron chi connectivity index (χ2n) is 8.03. The van der Waals surface area contributed by atoms with Gasteiger partial charge in [-0.25, -0.2) is 13.4 Å². The van der Waals surface area contributed by atoms with Crippen LogP contribution < -0.4 is 11.1 Å². The van der Waals surface area contributed by atoms with Crippen LogP contribution in [0, 0.1) is 0 Å². The molecule has 12 heteroatoms. The number of nitrogens with zero attached hydrogens (tertiary/aromatic N) is 3. The van der Waals surface area contributed by atoms with E-state index >= 15 is 0 Å². The Morgan fingerprint density at radius 2 is 1.85 bits per heavy atom. The van der Waals surface area contributed by atoms with Crippen LogP contribution in [0.1, 0.15) is 12.8 Å². The highest BCUT2D eigenvalue weighted by Gasteiger charge is 2.31. The predicted octanol–water partition coefficient (Wildman–Crippen LogP) is 2.53. The minimum absolute atomic E-state index is 0.0253. The number of hydrogen-bond acceptors (Lipinski definition) is 7. The number of nitrogens with two attached hydrogens (primary N) is 1. The summed E-state index contributed by atoms with van der Waals surface area (Å²) >= 11 is 7.52. The van der Waals surface area contributed by atoms with Crippen molar-refractivity contribution in [2.75, 3.05) is 31.5 Å². The van der Waals surface area contributed by atoms with E-state index in [1.54, 1.807) is 35.4 Å². The lowest BCUT2D eigenvalue weighted by Gasteiger charge is -2.33. The van der Waals surface area contributed by atoms with E-state index in [0.717, 1.165) is 14.8 Å². The summed E-state index contributed by atoms with van der Waals surface area (Å²) in [5.41, 5.74) is 5.31. The maximum absolute atomic E-state index is 13.3. The Bertz CT molecular complexity index is 1290. The number of carbonyl (C=O) groups excluding carboxylic acids is 2. The van der Waals surface area contributed by atoms with Gasteiger partial charge in [-0.05, 0) is 47.9 Å². The van der Waals surface area contributed by atoms with Crippen LogP contribution in [0.3, 0.4) is 0 Å². The second kappa shape index (κ2) is 10.3. The molecule has 3 aromatic rings. The Morgan fingerprint density at radius 3 is 2.53 bits per heavy atom. The van der Waals surface area contributed by atoms with E-state index in [1.165, 1.54) is 23.5 Å².